The number of nitrogens with one attached hydrogen (secondary N) is 2. The number of aliphatic hydroxyl groups excluding tert-OH is 1. The van der Waals surface area contributed by atoms with Crippen LogP contribution < -0.4 is 10.1 Å². The molecule has 0 saturated carbocycles. The van der Waals surface area contributed by atoms with Crippen LogP contribution in [0.3, 0.4) is 0 Å². The summed E-state index contributed by atoms with van der Waals surface area (Å²) in [6.45, 7) is 5.59. The number of benzene rings is 1. The summed E-state index contributed by atoms with van der Waals surface area (Å²) in [6.07, 6.45) is 7.74. The second-order valence-electron chi connectivity index (χ2n) is 8.82. The predicted molar refractivity (Wildman–Crippen MR) is 144 cm³/mol. The van der Waals surface area contributed by atoms with Crippen LogP contribution >= 0.6 is 0 Å². The second-order valence-corrected chi connectivity index (χ2v) is 8.82. The summed E-state index contributed by atoms with van der Waals surface area (Å²) >= 11 is 0. The molecule has 1 fully saturated rings. The summed E-state index contributed by atoms with van der Waals surface area (Å²) in [5.74, 6) is 1.23. The third kappa shape index (κ3) is 6.76. The highest BCUT2D eigenvalue weighted by Crippen LogP contribution is 2.20. The molecule has 0 amide bonds. The van der Waals surface area contributed by atoms with Crippen LogP contribution in [0, 0.1) is 5.41 Å². The smallest absolute Gasteiger partial charge is 0.221 e. The van der Waals surface area contributed by atoms with E-state index in [-0.39, 0.29) is 6.61 Å². The van der Waals surface area contributed by atoms with Crippen LogP contribution in [-0.4, -0.2) is 104 Å². The molecule has 4 heterocycles. The minimum atomic E-state index is -0.0133. The van der Waals surface area contributed by atoms with Gasteiger partial charge in [0, 0.05) is 49.7 Å². The van der Waals surface area contributed by atoms with E-state index in [2.05, 4.69) is 40.5 Å². The molecule has 1 aliphatic heterocycles. The lowest BCUT2D eigenvalue weighted by atomic mass is 10.1. The molecular weight excluding hydrogens is 500 g/mol. The van der Waals surface area contributed by atoms with Crippen LogP contribution in [0.15, 0.2) is 49.1 Å². The van der Waals surface area contributed by atoms with E-state index in [4.69, 9.17) is 20.0 Å². The summed E-state index contributed by atoms with van der Waals surface area (Å²) in [4.78, 5) is 20.3. The largest absolute Gasteiger partial charge is 0.489 e. The Morgan fingerprint density at radius 3 is 2.79 bits per heavy atom. The maximum absolute atomic E-state index is 8.97. The van der Waals surface area contributed by atoms with E-state index in [0.717, 1.165) is 44.0 Å². The van der Waals surface area contributed by atoms with Crippen molar-refractivity contribution < 1.29 is 14.6 Å². The van der Waals surface area contributed by atoms with Crippen LogP contribution in [0.5, 0.6) is 5.75 Å². The number of nitrogens with zero attached hydrogens (tertiary/aromatic N) is 8. The maximum Gasteiger partial charge on any atom is 0.221 e. The molecule has 4 aromatic rings. The maximum atomic E-state index is 8.97. The third-order valence-electron chi connectivity index (χ3n) is 6.12. The van der Waals surface area contributed by atoms with Crippen molar-refractivity contribution in [3.63, 3.8) is 0 Å². The van der Waals surface area contributed by atoms with Crippen molar-refractivity contribution >= 4 is 23.1 Å². The number of fused-ring (bicyclic) bond motifs is 1. The lowest BCUT2D eigenvalue weighted by Crippen LogP contribution is -2.38. The normalized spacial score (nSPS) is 14.4. The second kappa shape index (κ2) is 13.0. The van der Waals surface area contributed by atoms with Crippen molar-refractivity contribution in [1.29, 1.82) is 5.41 Å². The molecule has 0 atom stereocenters. The summed E-state index contributed by atoms with van der Waals surface area (Å²) in [6, 6.07) is 7.88. The highest BCUT2D eigenvalue weighted by molar-refractivity contribution is 6.07. The molecule has 1 aliphatic rings. The van der Waals surface area contributed by atoms with Gasteiger partial charge in [-0.1, -0.05) is 23.4 Å². The Bertz CT molecular complexity index is 1420. The van der Waals surface area contributed by atoms with Gasteiger partial charge in [-0.15, -0.1) is 5.10 Å². The van der Waals surface area contributed by atoms with Crippen molar-refractivity contribution in [2.24, 2.45) is 0 Å². The molecule has 13 heteroatoms. The van der Waals surface area contributed by atoms with Gasteiger partial charge in [-0.05, 0) is 11.6 Å². The van der Waals surface area contributed by atoms with Crippen molar-refractivity contribution in [3.05, 3.63) is 60.3 Å². The van der Waals surface area contributed by atoms with Gasteiger partial charge in [0.1, 0.15) is 6.61 Å². The third-order valence-corrected chi connectivity index (χ3v) is 6.12. The topological polar surface area (TPSA) is 160 Å². The monoisotopic (exact) mass is 530 g/mol. The van der Waals surface area contributed by atoms with Gasteiger partial charge < -0.3 is 25.3 Å². The van der Waals surface area contributed by atoms with Crippen molar-refractivity contribution in [2.75, 3.05) is 52.6 Å². The first-order valence-corrected chi connectivity index (χ1v) is 12.7. The van der Waals surface area contributed by atoms with Crippen LogP contribution in [-0.2, 0) is 11.3 Å². The molecular formula is C26H30N10O3. The zero-order valence-electron chi connectivity index (χ0n) is 21.4. The van der Waals surface area contributed by atoms with Gasteiger partial charge >= 0.3 is 0 Å². The zero-order valence-corrected chi connectivity index (χ0v) is 21.4. The molecule has 0 bridgehead atoms. The Labute approximate surface area is 225 Å². The fourth-order valence-electron chi connectivity index (χ4n) is 4.08. The molecule has 3 aromatic heterocycles. The zero-order chi connectivity index (χ0) is 26.9. The van der Waals surface area contributed by atoms with Gasteiger partial charge in [0.2, 0.25) is 5.65 Å². The first kappa shape index (κ1) is 26.3. The van der Waals surface area contributed by atoms with Crippen LogP contribution in [0.2, 0.25) is 0 Å². The van der Waals surface area contributed by atoms with Gasteiger partial charge in [0.15, 0.2) is 17.2 Å². The molecule has 1 aromatic carbocycles. The fourth-order valence-corrected chi connectivity index (χ4v) is 4.08. The van der Waals surface area contributed by atoms with E-state index in [9.17, 15) is 0 Å². The Hall–Kier alpha value is -4.33. The fraction of sp³-hybridized carbons (Fsp3) is 0.346. The molecule has 0 spiro atoms. The van der Waals surface area contributed by atoms with Gasteiger partial charge in [0.25, 0.3) is 0 Å². The molecule has 0 unspecified atom stereocenters. The molecule has 0 radical (unpaired) electrons. The SMILES string of the molecule is N=C/C(=C\NCCO)c1cnc2nnn(Cc3cccc(-c4ncc(OCCN5CCOCC5)cn4)c3)c2n1. The predicted octanol–water partition coefficient (Wildman–Crippen LogP) is 1.01. The van der Waals surface area contributed by atoms with Crippen molar-refractivity contribution in [2.45, 2.75) is 6.54 Å². The average molecular weight is 531 g/mol. The Morgan fingerprint density at radius 1 is 1.15 bits per heavy atom. The average Bonchev–Trinajstić information content (AvgIpc) is 3.38. The van der Waals surface area contributed by atoms with E-state index in [1.807, 2.05) is 24.3 Å². The van der Waals surface area contributed by atoms with Crippen molar-refractivity contribution in [3.8, 4) is 17.1 Å². The van der Waals surface area contributed by atoms with Gasteiger partial charge in [-0.2, -0.15) is 0 Å². The summed E-state index contributed by atoms with van der Waals surface area (Å²) < 4.78 is 12.9. The molecule has 39 heavy (non-hydrogen) atoms. The molecule has 5 rings (SSSR count). The minimum Gasteiger partial charge on any atom is -0.489 e. The van der Waals surface area contributed by atoms with Gasteiger partial charge in [0.05, 0.1) is 50.6 Å². The number of morpholine rings is 1. The Balaban J connectivity index is 1.26. The molecule has 202 valence electrons. The van der Waals surface area contributed by atoms with Crippen molar-refractivity contribution in [1.82, 2.24) is 45.1 Å². The van der Waals surface area contributed by atoms with E-state index < -0.39 is 0 Å². The van der Waals surface area contributed by atoms with E-state index in [1.54, 1.807) is 29.5 Å². The number of hydrogen-bond acceptors (Lipinski definition) is 12. The summed E-state index contributed by atoms with van der Waals surface area (Å²) in [7, 11) is 0. The number of allylic oxidation sites excluding steroid dienone is 1. The number of rotatable bonds is 12. The first-order valence-electron chi connectivity index (χ1n) is 12.7. The minimum absolute atomic E-state index is 0.0133. The van der Waals surface area contributed by atoms with Gasteiger partial charge in [-0.25, -0.2) is 24.6 Å². The number of aromatic nitrogens is 7. The quantitative estimate of drug-likeness (QED) is 0.177. The van der Waals surface area contributed by atoms with Crippen LogP contribution in [0.25, 0.3) is 28.3 Å². The number of hydrogen-bond donors (Lipinski definition) is 3. The molecule has 3 N–H and O–H groups in total. The van der Waals surface area contributed by atoms with E-state index >= 15 is 0 Å². The Kier molecular flexibility index (Phi) is 8.73. The van der Waals surface area contributed by atoms with E-state index in [1.165, 1.54) is 6.21 Å². The lowest BCUT2D eigenvalue weighted by Gasteiger charge is -2.26. The summed E-state index contributed by atoms with van der Waals surface area (Å²) in [5.41, 5.74) is 3.78. The highest BCUT2D eigenvalue weighted by atomic mass is 16.5. The van der Waals surface area contributed by atoms with Gasteiger partial charge in [-0.3, -0.25) is 4.90 Å². The standard InChI is InChI=1S/C26H30N10O3/c27-13-21(14-28-4-8-37)23-17-31-25-26(32-23)36(34-33-25)18-19-2-1-3-20(12-19)24-29-15-22(16-30-24)39-11-7-35-5-9-38-10-6-35/h1-3,12-17,27-28,37H,4-11,18H2/b21-14+,27-13?. The molecule has 13 nitrogen and oxygen atoms in total. The van der Waals surface area contributed by atoms with E-state index in [0.29, 0.717) is 53.8 Å². The number of aliphatic hydroxyl groups is 1. The summed E-state index contributed by atoms with van der Waals surface area (Å²) in [5, 5.41) is 28.0. The first-order chi connectivity index (χ1) is 19.2. The van der Waals surface area contributed by atoms with Crippen LogP contribution in [0.4, 0.5) is 0 Å². The van der Waals surface area contributed by atoms with Crippen LogP contribution in [0.1, 0.15) is 11.3 Å². The Morgan fingerprint density at radius 2 is 2.00 bits per heavy atom. The highest BCUT2D eigenvalue weighted by Gasteiger charge is 2.13. The molecule has 1 saturated heterocycles. The molecule has 0 aliphatic carbocycles. The number of ether oxygens (including phenoxy) is 2. The lowest BCUT2D eigenvalue weighted by molar-refractivity contribution is 0.0322.